The Hall–Kier alpha value is -4.05. The van der Waals surface area contributed by atoms with Gasteiger partial charge in [-0.2, -0.15) is 0 Å². The lowest BCUT2D eigenvalue weighted by molar-refractivity contribution is -0.139. The van der Waals surface area contributed by atoms with Gasteiger partial charge in [0.15, 0.2) is 0 Å². The largest absolute Gasteiger partial charge is 0.497 e. The van der Waals surface area contributed by atoms with Crippen molar-refractivity contribution in [3.63, 3.8) is 0 Å². The van der Waals surface area contributed by atoms with Crippen molar-refractivity contribution in [2.75, 3.05) is 32.1 Å². The van der Waals surface area contributed by atoms with Crippen molar-refractivity contribution in [1.82, 2.24) is 10.2 Å². The van der Waals surface area contributed by atoms with Crippen molar-refractivity contribution in [2.24, 2.45) is 0 Å². The molecule has 0 unspecified atom stereocenters. The van der Waals surface area contributed by atoms with Crippen LogP contribution in [0.15, 0.2) is 77.7 Å². The number of anilines is 1. The number of carbonyl (C=O) groups is 2. The first-order valence-electron chi connectivity index (χ1n) is 12.0. The van der Waals surface area contributed by atoms with Crippen molar-refractivity contribution in [2.45, 2.75) is 31.3 Å². The summed E-state index contributed by atoms with van der Waals surface area (Å²) in [6.45, 7) is 3.10. The van der Waals surface area contributed by atoms with Crippen LogP contribution < -0.4 is 19.1 Å². The number of nitrogens with zero attached hydrogens (tertiary/aromatic N) is 2. The second-order valence-corrected chi connectivity index (χ2v) is 10.5. The molecule has 3 aromatic carbocycles. The smallest absolute Gasteiger partial charge is 0.264 e. The minimum Gasteiger partial charge on any atom is -0.497 e. The van der Waals surface area contributed by atoms with Gasteiger partial charge in [0.05, 0.1) is 24.8 Å². The minimum absolute atomic E-state index is 0.0261. The number of nitrogens with one attached hydrogen (secondary N) is 1. The van der Waals surface area contributed by atoms with Gasteiger partial charge in [-0.1, -0.05) is 36.4 Å². The molecule has 0 spiro atoms. The fourth-order valence-electron chi connectivity index (χ4n) is 3.99. The second-order valence-electron chi connectivity index (χ2n) is 8.60. The Morgan fingerprint density at radius 1 is 0.921 bits per heavy atom. The van der Waals surface area contributed by atoms with Crippen LogP contribution in [0.4, 0.5) is 5.69 Å². The number of sulfonamides is 1. The lowest BCUT2D eigenvalue weighted by Gasteiger charge is -2.32. The molecule has 0 aromatic heterocycles. The molecule has 3 aromatic rings. The van der Waals surface area contributed by atoms with Crippen LogP contribution in [-0.2, 0) is 26.2 Å². The van der Waals surface area contributed by atoms with E-state index in [1.54, 1.807) is 31.2 Å². The van der Waals surface area contributed by atoms with E-state index in [0.717, 1.165) is 15.4 Å². The minimum atomic E-state index is -4.22. The summed E-state index contributed by atoms with van der Waals surface area (Å²) in [5, 5.41) is 2.57. The van der Waals surface area contributed by atoms with Gasteiger partial charge in [0.1, 0.15) is 24.1 Å². The highest BCUT2D eigenvalue weighted by atomic mass is 32.2. The van der Waals surface area contributed by atoms with Crippen molar-refractivity contribution in [3.05, 3.63) is 83.9 Å². The van der Waals surface area contributed by atoms with Crippen molar-refractivity contribution < 1.29 is 27.5 Å². The highest BCUT2D eigenvalue weighted by Gasteiger charge is 2.33. The van der Waals surface area contributed by atoms with Crippen LogP contribution in [0.5, 0.6) is 11.5 Å². The van der Waals surface area contributed by atoms with E-state index >= 15 is 0 Å². The zero-order valence-electron chi connectivity index (χ0n) is 22.2. The van der Waals surface area contributed by atoms with Gasteiger partial charge in [-0.25, -0.2) is 8.42 Å². The quantitative estimate of drug-likeness (QED) is 0.401. The zero-order valence-corrected chi connectivity index (χ0v) is 23.0. The molecule has 38 heavy (non-hydrogen) atoms. The van der Waals surface area contributed by atoms with Crippen LogP contribution in [0.3, 0.4) is 0 Å². The fraction of sp³-hybridized carbons (Fsp3) is 0.286. The van der Waals surface area contributed by atoms with Crippen LogP contribution in [0.2, 0.25) is 0 Å². The lowest BCUT2D eigenvalue weighted by atomic mass is 10.1. The SMILES string of the molecule is CNC(=O)[C@H](C)N(Cc1ccccc1C)C(=O)CN(c1ccccc1OC)S(=O)(=O)c1ccc(OC)cc1. The Bertz CT molecular complexity index is 1380. The summed E-state index contributed by atoms with van der Waals surface area (Å²) in [5.74, 6) is -0.143. The maximum atomic E-state index is 13.9. The summed E-state index contributed by atoms with van der Waals surface area (Å²) in [5.41, 5.74) is 1.99. The summed E-state index contributed by atoms with van der Waals surface area (Å²) in [6, 6.07) is 19.1. The van der Waals surface area contributed by atoms with Gasteiger partial charge in [0, 0.05) is 13.6 Å². The van der Waals surface area contributed by atoms with Crippen LogP contribution in [-0.4, -0.2) is 59.0 Å². The number of methoxy groups -OCH3 is 2. The van der Waals surface area contributed by atoms with Gasteiger partial charge in [0.25, 0.3) is 10.0 Å². The maximum Gasteiger partial charge on any atom is 0.264 e. The molecular formula is C28H33N3O6S. The first kappa shape index (κ1) is 28.5. The summed E-state index contributed by atoms with van der Waals surface area (Å²) in [4.78, 5) is 27.8. The van der Waals surface area contributed by atoms with Gasteiger partial charge in [-0.05, 0) is 61.4 Å². The van der Waals surface area contributed by atoms with Crippen LogP contribution >= 0.6 is 0 Å². The molecule has 0 heterocycles. The molecule has 2 amide bonds. The van der Waals surface area contributed by atoms with E-state index in [0.29, 0.717) is 5.75 Å². The molecule has 10 heteroatoms. The number of carbonyl (C=O) groups excluding carboxylic acids is 2. The number of aryl methyl sites for hydroxylation is 1. The third kappa shape index (κ3) is 6.25. The first-order valence-corrected chi connectivity index (χ1v) is 13.4. The second kappa shape index (κ2) is 12.5. The van der Waals surface area contributed by atoms with Crippen molar-refractivity contribution >= 4 is 27.5 Å². The Labute approximate surface area is 224 Å². The highest BCUT2D eigenvalue weighted by molar-refractivity contribution is 7.92. The third-order valence-corrected chi connectivity index (χ3v) is 8.07. The number of rotatable bonds is 11. The molecule has 0 saturated heterocycles. The molecule has 3 rings (SSSR count). The van der Waals surface area contributed by atoms with Gasteiger partial charge >= 0.3 is 0 Å². The first-order chi connectivity index (χ1) is 18.1. The summed E-state index contributed by atoms with van der Waals surface area (Å²) in [6.07, 6.45) is 0. The number of benzene rings is 3. The average Bonchev–Trinajstić information content (AvgIpc) is 2.94. The molecule has 0 radical (unpaired) electrons. The maximum absolute atomic E-state index is 13.9. The number of amides is 2. The van der Waals surface area contributed by atoms with E-state index in [1.165, 1.54) is 50.4 Å². The predicted molar refractivity (Wildman–Crippen MR) is 146 cm³/mol. The Morgan fingerprint density at radius 2 is 1.55 bits per heavy atom. The summed E-state index contributed by atoms with van der Waals surface area (Å²) < 4.78 is 39.4. The third-order valence-electron chi connectivity index (χ3n) is 6.30. The molecule has 0 aliphatic heterocycles. The summed E-state index contributed by atoms with van der Waals surface area (Å²) >= 11 is 0. The predicted octanol–water partition coefficient (Wildman–Crippen LogP) is 3.37. The van der Waals surface area contributed by atoms with Crippen LogP contribution in [0.1, 0.15) is 18.1 Å². The highest BCUT2D eigenvalue weighted by Crippen LogP contribution is 2.33. The monoisotopic (exact) mass is 539 g/mol. The van der Waals surface area contributed by atoms with Crippen LogP contribution in [0.25, 0.3) is 0 Å². The molecule has 202 valence electrons. The molecule has 1 atom stereocenters. The number of likely N-dealkylation sites (N-methyl/N-ethyl adjacent to an activating group) is 1. The van der Waals surface area contributed by atoms with E-state index in [2.05, 4.69) is 5.32 Å². The van der Waals surface area contributed by atoms with Gasteiger partial charge in [-0.15, -0.1) is 0 Å². The van der Waals surface area contributed by atoms with Gasteiger partial charge in [0.2, 0.25) is 11.8 Å². The zero-order chi connectivity index (χ0) is 27.9. The van der Waals surface area contributed by atoms with E-state index < -0.39 is 28.5 Å². The fourth-order valence-corrected chi connectivity index (χ4v) is 5.41. The van der Waals surface area contributed by atoms with Crippen LogP contribution in [0, 0.1) is 6.92 Å². The van der Waals surface area contributed by atoms with E-state index in [4.69, 9.17) is 9.47 Å². The molecule has 9 nitrogen and oxygen atoms in total. The Balaban J connectivity index is 2.08. The van der Waals surface area contributed by atoms with E-state index in [9.17, 15) is 18.0 Å². The molecule has 0 bridgehead atoms. The number of hydrogen-bond donors (Lipinski definition) is 1. The topological polar surface area (TPSA) is 105 Å². The number of hydrogen-bond acceptors (Lipinski definition) is 6. The molecule has 0 saturated carbocycles. The summed E-state index contributed by atoms with van der Waals surface area (Å²) in [7, 11) is 0.181. The van der Waals surface area contributed by atoms with Gasteiger partial charge < -0.3 is 19.7 Å². The molecular weight excluding hydrogens is 506 g/mol. The Kier molecular flexibility index (Phi) is 9.35. The number of para-hydroxylation sites is 2. The molecule has 0 fully saturated rings. The molecule has 0 aliphatic rings. The van der Waals surface area contributed by atoms with E-state index in [1.807, 2.05) is 31.2 Å². The van der Waals surface area contributed by atoms with Crippen molar-refractivity contribution in [1.29, 1.82) is 0 Å². The standard InChI is InChI=1S/C28H33N3O6S/c1-20-10-6-7-11-22(20)18-30(21(2)28(33)29-3)27(32)19-31(25-12-8-9-13-26(25)37-5)38(34,35)24-16-14-23(36-4)15-17-24/h6-17,21H,18-19H2,1-5H3,(H,29,33)/t21-/m0/s1. The van der Waals surface area contributed by atoms with E-state index in [-0.39, 0.29) is 28.8 Å². The lowest BCUT2D eigenvalue weighted by Crippen LogP contribution is -2.50. The number of ether oxygens (including phenoxy) is 2. The van der Waals surface area contributed by atoms with Crippen molar-refractivity contribution in [3.8, 4) is 11.5 Å². The molecule has 1 N–H and O–H groups in total. The Morgan fingerprint density at radius 3 is 2.16 bits per heavy atom. The normalized spacial score (nSPS) is 11.8. The average molecular weight is 540 g/mol. The molecule has 0 aliphatic carbocycles. The van der Waals surface area contributed by atoms with Gasteiger partial charge in [-0.3, -0.25) is 13.9 Å².